The van der Waals surface area contributed by atoms with Crippen LogP contribution in [0.25, 0.3) is 10.9 Å². The first-order valence-electron chi connectivity index (χ1n) is 6.79. The van der Waals surface area contributed by atoms with Crippen molar-refractivity contribution in [1.82, 2.24) is 10.3 Å². The van der Waals surface area contributed by atoms with E-state index >= 15 is 0 Å². The van der Waals surface area contributed by atoms with Crippen LogP contribution in [-0.2, 0) is 4.74 Å². The normalized spacial score (nSPS) is 18.3. The van der Waals surface area contributed by atoms with E-state index in [2.05, 4.69) is 10.3 Å². The summed E-state index contributed by atoms with van der Waals surface area (Å²) in [7, 11) is 0. The summed E-state index contributed by atoms with van der Waals surface area (Å²) in [5, 5.41) is 3.79. The molecule has 1 aromatic carbocycles. The Bertz CT molecular complexity index is 636. The van der Waals surface area contributed by atoms with Gasteiger partial charge in [0.1, 0.15) is 5.69 Å². The number of amides is 1. The smallest absolute Gasteiger partial charge is 0.269 e. The lowest BCUT2D eigenvalue weighted by Crippen LogP contribution is -2.32. The second-order valence-electron chi connectivity index (χ2n) is 4.96. The molecular formula is C15H17N3O2. The molecule has 0 bridgehead atoms. The van der Waals surface area contributed by atoms with E-state index in [0.29, 0.717) is 23.4 Å². The van der Waals surface area contributed by atoms with Crippen LogP contribution < -0.4 is 11.1 Å². The molecule has 0 saturated carbocycles. The Balaban J connectivity index is 1.75. The van der Waals surface area contributed by atoms with Gasteiger partial charge in [0.15, 0.2) is 0 Å². The number of ether oxygens (including phenoxy) is 1. The van der Waals surface area contributed by atoms with Crippen LogP contribution >= 0.6 is 0 Å². The molecule has 1 atom stereocenters. The summed E-state index contributed by atoms with van der Waals surface area (Å²) < 4.78 is 5.47. The average molecular weight is 271 g/mol. The monoisotopic (exact) mass is 271 g/mol. The lowest BCUT2D eigenvalue weighted by Gasteiger charge is -2.11. The molecule has 3 rings (SSSR count). The number of nitrogens with two attached hydrogens (primary N) is 1. The van der Waals surface area contributed by atoms with Crippen LogP contribution in [0.5, 0.6) is 0 Å². The molecule has 3 N–H and O–H groups in total. The molecule has 104 valence electrons. The molecule has 1 aliphatic rings. The number of hydrogen-bond donors (Lipinski definition) is 2. The van der Waals surface area contributed by atoms with Gasteiger partial charge in [-0.05, 0) is 25.0 Å². The van der Waals surface area contributed by atoms with Gasteiger partial charge >= 0.3 is 0 Å². The maximum Gasteiger partial charge on any atom is 0.269 e. The van der Waals surface area contributed by atoms with Gasteiger partial charge < -0.3 is 15.8 Å². The molecule has 20 heavy (non-hydrogen) atoms. The zero-order chi connectivity index (χ0) is 13.9. The summed E-state index contributed by atoms with van der Waals surface area (Å²) in [6.45, 7) is 1.31. The van der Waals surface area contributed by atoms with E-state index < -0.39 is 0 Å². The number of pyridine rings is 1. The second-order valence-corrected chi connectivity index (χ2v) is 4.96. The Morgan fingerprint density at radius 2 is 2.30 bits per heavy atom. The summed E-state index contributed by atoms with van der Waals surface area (Å²) in [6, 6.07) is 9.15. The Labute approximate surface area is 117 Å². The predicted octanol–water partition coefficient (Wildman–Crippen LogP) is 1.73. The van der Waals surface area contributed by atoms with Crippen molar-refractivity contribution in [3.05, 3.63) is 36.0 Å². The topological polar surface area (TPSA) is 77.2 Å². The first-order chi connectivity index (χ1) is 9.74. The van der Waals surface area contributed by atoms with Gasteiger partial charge in [0.25, 0.3) is 5.91 Å². The molecule has 1 saturated heterocycles. The van der Waals surface area contributed by atoms with Crippen molar-refractivity contribution in [3.8, 4) is 0 Å². The Kier molecular flexibility index (Phi) is 3.52. The Morgan fingerprint density at radius 3 is 3.10 bits per heavy atom. The number of benzene rings is 1. The molecule has 2 aromatic rings. The summed E-state index contributed by atoms with van der Waals surface area (Å²) in [4.78, 5) is 16.4. The lowest BCUT2D eigenvalue weighted by atomic mass is 10.1. The fourth-order valence-electron chi connectivity index (χ4n) is 2.40. The minimum atomic E-state index is -0.189. The molecule has 0 radical (unpaired) electrons. The number of carbonyl (C=O) groups is 1. The molecule has 1 fully saturated rings. The van der Waals surface area contributed by atoms with E-state index in [0.717, 1.165) is 24.8 Å². The van der Waals surface area contributed by atoms with Crippen molar-refractivity contribution in [1.29, 1.82) is 0 Å². The molecule has 1 unspecified atom stereocenters. The molecule has 5 heteroatoms. The fourth-order valence-corrected chi connectivity index (χ4v) is 2.40. The molecule has 2 heterocycles. The van der Waals surface area contributed by atoms with Crippen LogP contribution in [-0.4, -0.2) is 30.1 Å². The van der Waals surface area contributed by atoms with Crippen molar-refractivity contribution in [2.45, 2.75) is 18.9 Å². The number of hydrogen-bond acceptors (Lipinski definition) is 4. The number of anilines is 1. The Morgan fingerprint density at radius 1 is 1.40 bits per heavy atom. The van der Waals surface area contributed by atoms with Crippen LogP contribution in [0.2, 0.25) is 0 Å². The molecule has 1 aromatic heterocycles. The molecule has 1 amide bonds. The van der Waals surface area contributed by atoms with Gasteiger partial charge in [-0.3, -0.25) is 4.79 Å². The summed E-state index contributed by atoms with van der Waals surface area (Å²) in [6.07, 6.45) is 2.19. The van der Waals surface area contributed by atoms with Crippen LogP contribution in [0.4, 0.5) is 5.69 Å². The lowest BCUT2D eigenvalue weighted by molar-refractivity contribution is 0.0854. The SMILES string of the molecule is Nc1cccc2ccc(C(=O)NCC3CCCO3)nc12. The third-order valence-electron chi connectivity index (χ3n) is 3.50. The van der Waals surface area contributed by atoms with Crippen molar-refractivity contribution < 1.29 is 9.53 Å². The summed E-state index contributed by atoms with van der Waals surface area (Å²) >= 11 is 0. The van der Waals surface area contributed by atoms with E-state index in [1.54, 1.807) is 12.1 Å². The summed E-state index contributed by atoms with van der Waals surface area (Å²) in [5.74, 6) is -0.189. The fraction of sp³-hybridized carbons (Fsp3) is 0.333. The van der Waals surface area contributed by atoms with Gasteiger partial charge in [-0.2, -0.15) is 0 Å². The number of nitrogens with one attached hydrogen (secondary N) is 1. The standard InChI is InChI=1S/C15H17N3O2/c16-12-5-1-3-10-6-7-13(18-14(10)12)15(19)17-9-11-4-2-8-20-11/h1,3,5-7,11H,2,4,8-9,16H2,(H,17,19). The van der Waals surface area contributed by atoms with Gasteiger partial charge in [0, 0.05) is 18.5 Å². The Hall–Kier alpha value is -2.14. The van der Waals surface area contributed by atoms with Gasteiger partial charge in [0.2, 0.25) is 0 Å². The van der Waals surface area contributed by atoms with Crippen LogP contribution in [0.15, 0.2) is 30.3 Å². The number of aromatic nitrogens is 1. The maximum atomic E-state index is 12.1. The molecule has 0 aliphatic carbocycles. The van der Waals surface area contributed by atoms with Crippen molar-refractivity contribution in [2.24, 2.45) is 0 Å². The third kappa shape index (κ3) is 2.58. The van der Waals surface area contributed by atoms with E-state index in [1.807, 2.05) is 18.2 Å². The predicted molar refractivity (Wildman–Crippen MR) is 77.5 cm³/mol. The van der Waals surface area contributed by atoms with E-state index in [9.17, 15) is 4.79 Å². The van der Waals surface area contributed by atoms with Gasteiger partial charge in [-0.15, -0.1) is 0 Å². The van der Waals surface area contributed by atoms with E-state index in [4.69, 9.17) is 10.5 Å². The summed E-state index contributed by atoms with van der Waals surface area (Å²) in [5.41, 5.74) is 7.51. The van der Waals surface area contributed by atoms with Gasteiger partial charge in [-0.1, -0.05) is 18.2 Å². The molecule has 0 spiro atoms. The second kappa shape index (κ2) is 5.46. The number of para-hydroxylation sites is 1. The average Bonchev–Trinajstić information content (AvgIpc) is 2.98. The molecule has 5 nitrogen and oxygen atoms in total. The number of fused-ring (bicyclic) bond motifs is 1. The van der Waals surface area contributed by atoms with Crippen molar-refractivity contribution in [2.75, 3.05) is 18.9 Å². The first kappa shape index (κ1) is 12.9. The number of rotatable bonds is 3. The van der Waals surface area contributed by atoms with Crippen molar-refractivity contribution in [3.63, 3.8) is 0 Å². The van der Waals surface area contributed by atoms with Gasteiger partial charge in [-0.25, -0.2) is 4.98 Å². The highest BCUT2D eigenvalue weighted by molar-refractivity contribution is 5.97. The largest absolute Gasteiger partial charge is 0.397 e. The van der Waals surface area contributed by atoms with Crippen LogP contribution in [0.1, 0.15) is 23.3 Å². The zero-order valence-corrected chi connectivity index (χ0v) is 11.1. The van der Waals surface area contributed by atoms with Crippen LogP contribution in [0.3, 0.4) is 0 Å². The minimum Gasteiger partial charge on any atom is -0.397 e. The zero-order valence-electron chi connectivity index (χ0n) is 11.1. The minimum absolute atomic E-state index is 0.129. The van der Waals surface area contributed by atoms with E-state index in [-0.39, 0.29) is 12.0 Å². The van der Waals surface area contributed by atoms with E-state index in [1.165, 1.54) is 0 Å². The van der Waals surface area contributed by atoms with Crippen LogP contribution in [0, 0.1) is 0 Å². The number of nitrogens with zero attached hydrogens (tertiary/aromatic N) is 1. The quantitative estimate of drug-likeness (QED) is 0.833. The third-order valence-corrected chi connectivity index (χ3v) is 3.50. The molecule has 1 aliphatic heterocycles. The highest BCUT2D eigenvalue weighted by Gasteiger charge is 2.17. The number of nitrogen functional groups attached to an aromatic ring is 1. The first-order valence-corrected chi connectivity index (χ1v) is 6.79. The number of carbonyl (C=O) groups excluding carboxylic acids is 1. The molecular weight excluding hydrogens is 254 g/mol. The highest BCUT2D eigenvalue weighted by Crippen LogP contribution is 2.19. The van der Waals surface area contributed by atoms with Crippen molar-refractivity contribution >= 4 is 22.5 Å². The highest BCUT2D eigenvalue weighted by atomic mass is 16.5. The maximum absolute atomic E-state index is 12.1. The van der Waals surface area contributed by atoms with Gasteiger partial charge in [0.05, 0.1) is 17.3 Å².